The molecule has 3 aliphatic rings. The normalized spacial score (nSPS) is 23.9. The van der Waals surface area contributed by atoms with Crippen LogP contribution in [0.25, 0.3) is 11.0 Å². The van der Waals surface area contributed by atoms with Crippen molar-refractivity contribution in [3.8, 4) is 5.75 Å². The van der Waals surface area contributed by atoms with E-state index in [2.05, 4.69) is 4.98 Å². The number of fused-ring (bicyclic) bond motifs is 1. The van der Waals surface area contributed by atoms with E-state index in [-0.39, 0.29) is 0 Å². The fourth-order valence-corrected chi connectivity index (χ4v) is 6.28. The van der Waals surface area contributed by atoms with Gasteiger partial charge in [-0.05, 0) is 69.4 Å². The molecule has 1 saturated carbocycles. The molecule has 2 aliphatic carbocycles. The molecule has 0 aromatic carbocycles. The molecule has 2 fully saturated rings. The molecule has 0 N–H and O–H groups in total. The van der Waals surface area contributed by atoms with E-state index >= 15 is 0 Å². The van der Waals surface area contributed by atoms with E-state index in [0.29, 0.717) is 29.8 Å². The smallest absolute Gasteiger partial charge is 0.249 e. The molecule has 0 bridgehead atoms. The Balaban J connectivity index is 1.25. The Kier molecular flexibility index (Phi) is 5.14. The van der Waals surface area contributed by atoms with Gasteiger partial charge in [0.05, 0.1) is 12.2 Å². The van der Waals surface area contributed by atoms with Gasteiger partial charge in [0.15, 0.2) is 11.4 Å². The van der Waals surface area contributed by atoms with E-state index < -0.39 is 14.8 Å². The fourth-order valence-electron chi connectivity index (χ4n) is 4.70. The summed E-state index contributed by atoms with van der Waals surface area (Å²) in [5.41, 5.74) is 1.42. The van der Waals surface area contributed by atoms with Crippen molar-refractivity contribution in [3.05, 3.63) is 66.5 Å². The summed E-state index contributed by atoms with van der Waals surface area (Å²) in [5, 5.41) is 5.66. The Morgan fingerprint density at radius 1 is 1.18 bits per heavy atom. The first-order chi connectivity index (χ1) is 16.4. The van der Waals surface area contributed by atoms with Crippen molar-refractivity contribution < 1.29 is 17.9 Å². The van der Waals surface area contributed by atoms with Crippen LogP contribution in [0.1, 0.15) is 56.7 Å². The highest BCUT2D eigenvalue weighted by Crippen LogP contribution is 2.40. The van der Waals surface area contributed by atoms with Gasteiger partial charge in [-0.2, -0.15) is 5.10 Å². The maximum atomic E-state index is 13.6. The Hall–Kier alpha value is -2.91. The molecule has 4 heterocycles. The number of ether oxygens (including phenoxy) is 2. The van der Waals surface area contributed by atoms with Gasteiger partial charge in [0, 0.05) is 36.9 Å². The van der Waals surface area contributed by atoms with Crippen molar-refractivity contribution in [2.45, 2.75) is 55.7 Å². The number of rotatable bonds is 6. The maximum absolute atomic E-state index is 13.6. The van der Waals surface area contributed by atoms with Crippen LogP contribution >= 0.6 is 0 Å². The summed E-state index contributed by atoms with van der Waals surface area (Å²) < 4.78 is 41.2. The summed E-state index contributed by atoms with van der Waals surface area (Å²) in [5.74, 6) is 1.73. The first kappa shape index (κ1) is 21.6. The largest absolute Gasteiger partial charge is 0.454 e. The van der Waals surface area contributed by atoms with E-state index in [9.17, 15) is 8.42 Å². The third-order valence-corrected chi connectivity index (χ3v) is 9.35. The van der Waals surface area contributed by atoms with E-state index in [4.69, 9.17) is 14.6 Å². The lowest BCUT2D eigenvalue weighted by molar-refractivity contribution is 0.0839. The molecule has 178 valence electrons. The second-order valence-electron chi connectivity index (χ2n) is 9.57. The van der Waals surface area contributed by atoms with Crippen molar-refractivity contribution in [1.29, 1.82) is 0 Å². The molecule has 1 atom stereocenters. The van der Waals surface area contributed by atoms with E-state index in [1.54, 1.807) is 43.6 Å². The van der Waals surface area contributed by atoms with Crippen LogP contribution in [0, 0.1) is 0 Å². The second kappa shape index (κ2) is 8.09. The lowest BCUT2D eigenvalue weighted by Gasteiger charge is -2.28. The molecule has 34 heavy (non-hydrogen) atoms. The average molecular weight is 481 g/mol. The Bertz CT molecular complexity index is 1390. The minimum atomic E-state index is -3.73. The first-order valence-electron chi connectivity index (χ1n) is 11.9. The molecule has 8 nitrogen and oxygen atoms in total. The summed E-state index contributed by atoms with van der Waals surface area (Å²) >= 11 is 0. The van der Waals surface area contributed by atoms with E-state index in [0.717, 1.165) is 55.7 Å². The monoisotopic (exact) mass is 480 g/mol. The van der Waals surface area contributed by atoms with Crippen LogP contribution < -0.4 is 4.74 Å². The third-order valence-electron chi connectivity index (χ3n) is 7.05. The topological polar surface area (TPSA) is 88.2 Å². The van der Waals surface area contributed by atoms with Crippen LogP contribution in [0.4, 0.5) is 0 Å². The van der Waals surface area contributed by atoms with Gasteiger partial charge < -0.3 is 9.47 Å². The van der Waals surface area contributed by atoms with Crippen molar-refractivity contribution >= 4 is 21.1 Å². The highest BCUT2D eigenvalue weighted by molar-refractivity contribution is 7.91. The highest BCUT2D eigenvalue weighted by Gasteiger charge is 2.40. The SMILES string of the molecule is CC1(S(=O)(=O)n2ccc3cccnc32)C=CC(Oc2cn(C3CC3)nc2C2CCOCC2)=CC1. The number of aromatic nitrogens is 4. The zero-order valence-electron chi connectivity index (χ0n) is 19.1. The molecule has 0 spiro atoms. The molecule has 6 rings (SSSR count). The van der Waals surface area contributed by atoms with Gasteiger partial charge in [-0.1, -0.05) is 6.08 Å². The molecule has 3 aromatic heterocycles. The highest BCUT2D eigenvalue weighted by atomic mass is 32.2. The molecular formula is C25H28N4O4S. The fraction of sp³-hybridized carbons (Fsp3) is 0.440. The lowest BCUT2D eigenvalue weighted by atomic mass is 9.96. The molecule has 3 aromatic rings. The summed E-state index contributed by atoms with van der Waals surface area (Å²) in [6.45, 7) is 3.21. The molecule has 1 saturated heterocycles. The van der Waals surface area contributed by atoms with Gasteiger partial charge in [-0.15, -0.1) is 0 Å². The van der Waals surface area contributed by atoms with Crippen LogP contribution in [-0.2, 0) is 14.8 Å². The van der Waals surface area contributed by atoms with Gasteiger partial charge in [-0.25, -0.2) is 17.4 Å². The summed E-state index contributed by atoms with van der Waals surface area (Å²) in [7, 11) is -3.73. The predicted molar refractivity (Wildman–Crippen MR) is 128 cm³/mol. The van der Waals surface area contributed by atoms with Crippen molar-refractivity contribution in [1.82, 2.24) is 18.7 Å². The molecule has 9 heteroatoms. The lowest BCUT2D eigenvalue weighted by Crippen LogP contribution is -2.38. The van der Waals surface area contributed by atoms with Gasteiger partial charge in [0.2, 0.25) is 10.0 Å². The van der Waals surface area contributed by atoms with Gasteiger partial charge in [-0.3, -0.25) is 4.68 Å². The van der Waals surface area contributed by atoms with Gasteiger partial charge >= 0.3 is 0 Å². The van der Waals surface area contributed by atoms with Crippen molar-refractivity contribution in [3.63, 3.8) is 0 Å². The van der Waals surface area contributed by atoms with Crippen LogP contribution in [-0.4, -0.2) is 45.1 Å². The number of hydrogen-bond acceptors (Lipinski definition) is 6. The van der Waals surface area contributed by atoms with Crippen molar-refractivity contribution in [2.75, 3.05) is 13.2 Å². The third kappa shape index (κ3) is 3.67. The predicted octanol–water partition coefficient (Wildman–Crippen LogP) is 4.32. The molecule has 1 aliphatic heterocycles. The Morgan fingerprint density at radius 2 is 2.00 bits per heavy atom. The molecular weight excluding hydrogens is 452 g/mol. The van der Waals surface area contributed by atoms with Crippen molar-refractivity contribution in [2.24, 2.45) is 0 Å². The average Bonchev–Trinajstić information content (AvgIpc) is 3.47. The summed E-state index contributed by atoms with van der Waals surface area (Å²) in [6.07, 6.45) is 15.0. The van der Waals surface area contributed by atoms with Crippen LogP contribution in [0.15, 0.2) is 60.8 Å². The number of allylic oxidation sites excluding steroid dienone is 2. The quantitative estimate of drug-likeness (QED) is 0.522. The van der Waals surface area contributed by atoms with Gasteiger partial charge in [0.1, 0.15) is 16.2 Å². The van der Waals surface area contributed by atoms with Crippen LogP contribution in [0.3, 0.4) is 0 Å². The first-order valence-corrected chi connectivity index (χ1v) is 13.3. The number of nitrogens with zero attached hydrogens (tertiary/aromatic N) is 4. The zero-order chi connectivity index (χ0) is 23.3. The standard InChI is InChI=1S/C25H28N4O4S/c1-25(34(30,31)29-14-8-19-3-2-13-26-24(19)29)11-6-21(7-12-25)33-22-17-28(20-4-5-20)27-23(22)18-9-15-32-16-10-18/h2-3,6-8,11,13-14,17-18,20H,4-5,9-10,12,15-16H2,1H3. The van der Waals surface area contributed by atoms with Gasteiger partial charge in [0.25, 0.3) is 0 Å². The van der Waals surface area contributed by atoms with Crippen LogP contribution in [0.5, 0.6) is 5.75 Å². The molecule has 0 amide bonds. The Morgan fingerprint density at radius 3 is 2.74 bits per heavy atom. The van der Waals surface area contributed by atoms with E-state index in [1.165, 1.54) is 3.97 Å². The maximum Gasteiger partial charge on any atom is 0.249 e. The number of hydrogen-bond donors (Lipinski definition) is 0. The summed E-state index contributed by atoms with van der Waals surface area (Å²) in [4.78, 5) is 4.28. The molecule has 0 radical (unpaired) electrons. The number of pyridine rings is 1. The second-order valence-corrected chi connectivity index (χ2v) is 11.8. The minimum absolute atomic E-state index is 0.303. The summed E-state index contributed by atoms with van der Waals surface area (Å²) in [6, 6.07) is 5.89. The molecule has 1 unspecified atom stereocenters. The van der Waals surface area contributed by atoms with Crippen LogP contribution in [0.2, 0.25) is 0 Å². The Labute approximate surface area is 198 Å². The van der Waals surface area contributed by atoms with E-state index in [1.807, 2.05) is 23.0 Å². The zero-order valence-corrected chi connectivity index (χ0v) is 19.9. The minimum Gasteiger partial charge on any atom is -0.454 e.